The SMILES string of the molecule is Cc1cc(NC(=O)NC(C)C(C)C(=O)O)ccc1[N+](=O)[O-]. The summed E-state index contributed by atoms with van der Waals surface area (Å²) in [5.74, 6) is -1.73. The molecule has 0 aliphatic carbocycles. The Morgan fingerprint density at radius 1 is 1.33 bits per heavy atom. The summed E-state index contributed by atoms with van der Waals surface area (Å²) >= 11 is 0. The van der Waals surface area contributed by atoms with E-state index in [0.29, 0.717) is 11.3 Å². The van der Waals surface area contributed by atoms with Gasteiger partial charge in [0.05, 0.1) is 10.8 Å². The minimum absolute atomic E-state index is 0.0335. The van der Waals surface area contributed by atoms with Crippen LogP contribution in [0, 0.1) is 23.0 Å². The maximum atomic E-state index is 11.7. The molecule has 0 bridgehead atoms. The van der Waals surface area contributed by atoms with Gasteiger partial charge in [0.2, 0.25) is 0 Å². The fourth-order valence-corrected chi connectivity index (χ4v) is 1.65. The zero-order valence-electron chi connectivity index (χ0n) is 11.9. The summed E-state index contributed by atoms with van der Waals surface area (Å²) in [6.45, 7) is 4.64. The third-order valence-corrected chi connectivity index (χ3v) is 3.15. The Labute approximate surface area is 121 Å². The largest absolute Gasteiger partial charge is 0.481 e. The van der Waals surface area contributed by atoms with Gasteiger partial charge in [0, 0.05) is 23.4 Å². The average molecular weight is 295 g/mol. The van der Waals surface area contributed by atoms with Gasteiger partial charge in [-0.15, -0.1) is 0 Å². The number of nitro benzene ring substituents is 1. The van der Waals surface area contributed by atoms with Crippen molar-refractivity contribution in [2.45, 2.75) is 26.8 Å². The molecule has 114 valence electrons. The number of urea groups is 1. The van der Waals surface area contributed by atoms with E-state index in [1.165, 1.54) is 25.1 Å². The number of carbonyl (C=O) groups excluding carboxylic acids is 1. The van der Waals surface area contributed by atoms with Gasteiger partial charge in [0.25, 0.3) is 5.69 Å². The van der Waals surface area contributed by atoms with Crippen LogP contribution in [-0.2, 0) is 4.79 Å². The van der Waals surface area contributed by atoms with Gasteiger partial charge in [0.15, 0.2) is 0 Å². The van der Waals surface area contributed by atoms with Crippen LogP contribution in [0.15, 0.2) is 18.2 Å². The number of rotatable bonds is 5. The smallest absolute Gasteiger partial charge is 0.319 e. The number of aliphatic carboxylic acids is 1. The van der Waals surface area contributed by atoms with Crippen molar-refractivity contribution in [3.63, 3.8) is 0 Å². The molecule has 1 rings (SSSR count). The zero-order chi connectivity index (χ0) is 16.2. The van der Waals surface area contributed by atoms with Crippen LogP contribution in [-0.4, -0.2) is 28.1 Å². The van der Waals surface area contributed by atoms with Crippen molar-refractivity contribution in [2.24, 2.45) is 5.92 Å². The summed E-state index contributed by atoms with van der Waals surface area (Å²) < 4.78 is 0. The first-order valence-corrected chi connectivity index (χ1v) is 6.27. The lowest BCUT2D eigenvalue weighted by atomic mass is 10.0. The molecule has 0 saturated carbocycles. The van der Waals surface area contributed by atoms with Gasteiger partial charge in [-0.25, -0.2) is 4.79 Å². The molecule has 1 aromatic rings. The highest BCUT2D eigenvalue weighted by molar-refractivity contribution is 5.90. The zero-order valence-corrected chi connectivity index (χ0v) is 11.9. The summed E-state index contributed by atoms with van der Waals surface area (Å²) in [4.78, 5) is 32.7. The van der Waals surface area contributed by atoms with E-state index in [1.807, 2.05) is 0 Å². The standard InChI is InChI=1S/C13H17N3O5/c1-7-6-10(4-5-11(7)16(20)21)15-13(19)14-9(3)8(2)12(17)18/h4-6,8-9H,1-3H3,(H,17,18)(H2,14,15,19). The van der Waals surface area contributed by atoms with E-state index in [2.05, 4.69) is 10.6 Å². The van der Waals surface area contributed by atoms with Crippen LogP contribution < -0.4 is 10.6 Å². The number of amides is 2. The molecule has 0 saturated heterocycles. The van der Waals surface area contributed by atoms with Gasteiger partial charge in [-0.2, -0.15) is 0 Å². The van der Waals surface area contributed by atoms with Crippen molar-refractivity contribution >= 4 is 23.4 Å². The van der Waals surface area contributed by atoms with Crippen LogP contribution in [0.4, 0.5) is 16.2 Å². The highest BCUT2D eigenvalue weighted by Gasteiger charge is 2.21. The molecule has 2 unspecified atom stereocenters. The van der Waals surface area contributed by atoms with Crippen molar-refractivity contribution in [1.29, 1.82) is 0 Å². The first kappa shape index (κ1) is 16.4. The molecule has 0 spiro atoms. The highest BCUT2D eigenvalue weighted by atomic mass is 16.6. The minimum atomic E-state index is -1.01. The molecule has 2 atom stereocenters. The predicted molar refractivity (Wildman–Crippen MR) is 76.2 cm³/mol. The predicted octanol–water partition coefficient (Wildman–Crippen LogP) is 2.13. The van der Waals surface area contributed by atoms with E-state index < -0.39 is 28.9 Å². The molecule has 2 amide bonds. The van der Waals surface area contributed by atoms with Crippen molar-refractivity contribution in [1.82, 2.24) is 5.32 Å². The Morgan fingerprint density at radius 2 is 1.95 bits per heavy atom. The topological polar surface area (TPSA) is 122 Å². The third-order valence-electron chi connectivity index (χ3n) is 3.15. The maximum absolute atomic E-state index is 11.7. The van der Waals surface area contributed by atoms with Gasteiger partial charge in [-0.1, -0.05) is 0 Å². The Morgan fingerprint density at radius 3 is 2.43 bits per heavy atom. The van der Waals surface area contributed by atoms with Gasteiger partial charge in [-0.05, 0) is 32.9 Å². The Kier molecular flexibility index (Phi) is 5.23. The van der Waals surface area contributed by atoms with Gasteiger partial charge in [-0.3, -0.25) is 14.9 Å². The number of hydrogen-bond donors (Lipinski definition) is 3. The van der Waals surface area contributed by atoms with E-state index >= 15 is 0 Å². The number of benzene rings is 1. The number of nitrogens with one attached hydrogen (secondary N) is 2. The molecule has 0 aliphatic heterocycles. The molecule has 21 heavy (non-hydrogen) atoms. The third kappa shape index (κ3) is 4.44. The fourth-order valence-electron chi connectivity index (χ4n) is 1.65. The second-order valence-electron chi connectivity index (χ2n) is 4.77. The molecule has 0 fully saturated rings. The summed E-state index contributed by atoms with van der Waals surface area (Å²) in [6, 6.07) is 3.07. The number of carboxylic acids is 1. The number of aryl methyl sites for hydroxylation is 1. The minimum Gasteiger partial charge on any atom is -0.481 e. The molecule has 0 radical (unpaired) electrons. The van der Waals surface area contributed by atoms with Crippen molar-refractivity contribution in [3.8, 4) is 0 Å². The number of carboxylic acid groups (broad SMARTS) is 1. The van der Waals surface area contributed by atoms with E-state index in [4.69, 9.17) is 5.11 Å². The summed E-state index contributed by atoms with van der Waals surface area (Å²) in [5.41, 5.74) is 0.782. The van der Waals surface area contributed by atoms with Gasteiger partial charge >= 0.3 is 12.0 Å². The first-order chi connectivity index (χ1) is 9.72. The van der Waals surface area contributed by atoms with Gasteiger partial charge < -0.3 is 15.7 Å². The van der Waals surface area contributed by atoms with Gasteiger partial charge in [0.1, 0.15) is 0 Å². The molecular formula is C13H17N3O5. The average Bonchev–Trinajstić information content (AvgIpc) is 2.36. The van der Waals surface area contributed by atoms with E-state index in [9.17, 15) is 19.7 Å². The Hall–Kier alpha value is -2.64. The molecule has 1 aromatic carbocycles. The van der Waals surface area contributed by atoms with Crippen LogP contribution in [0.1, 0.15) is 19.4 Å². The lowest BCUT2D eigenvalue weighted by Gasteiger charge is -2.18. The Bertz CT molecular complexity index is 573. The number of anilines is 1. The van der Waals surface area contributed by atoms with Crippen LogP contribution in [0.5, 0.6) is 0 Å². The lowest BCUT2D eigenvalue weighted by molar-refractivity contribution is -0.385. The molecular weight excluding hydrogens is 278 g/mol. The van der Waals surface area contributed by atoms with Crippen LogP contribution in [0.3, 0.4) is 0 Å². The van der Waals surface area contributed by atoms with Crippen molar-refractivity contribution in [3.05, 3.63) is 33.9 Å². The maximum Gasteiger partial charge on any atom is 0.319 e. The summed E-state index contributed by atoms with van der Waals surface area (Å²) in [7, 11) is 0. The fraction of sp³-hybridized carbons (Fsp3) is 0.385. The van der Waals surface area contributed by atoms with Crippen LogP contribution in [0.25, 0.3) is 0 Å². The number of nitro groups is 1. The lowest BCUT2D eigenvalue weighted by Crippen LogP contribution is -2.42. The van der Waals surface area contributed by atoms with Crippen LogP contribution >= 0.6 is 0 Å². The molecule has 0 heterocycles. The molecule has 3 N–H and O–H groups in total. The highest BCUT2D eigenvalue weighted by Crippen LogP contribution is 2.21. The number of carbonyl (C=O) groups is 2. The first-order valence-electron chi connectivity index (χ1n) is 6.27. The molecule has 8 heteroatoms. The monoisotopic (exact) mass is 295 g/mol. The second kappa shape index (κ2) is 6.69. The normalized spacial score (nSPS) is 13.1. The van der Waals surface area contributed by atoms with E-state index in [1.54, 1.807) is 13.8 Å². The molecule has 8 nitrogen and oxygen atoms in total. The Balaban J connectivity index is 2.69. The van der Waals surface area contributed by atoms with Crippen LogP contribution in [0.2, 0.25) is 0 Å². The molecule has 0 aliphatic rings. The summed E-state index contributed by atoms with van der Waals surface area (Å²) in [5, 5.41) is 24.5. The van der Waals surface area contributed by atoms with E-state index in [0.717, 1.165) is 0 Å². The molecule has 0 aromatic heterocycles. The number of nitrogens with zero attached hydrogens (tertiary/aromatic N) is 1. The quantitative estimate of drug-likeness (QED) is 0.567. The number of hydrogen-bond acceptors (Lipinski definition) is 4. The van der Waals surface area contributed by atoms with Crippen molar-refractivity contribution in [2.75, 3.05) is 5.32 Å². The summed E-state index contributed by atoms with van der Waals surface area (Å²) in [6.07, 6.45) is 0. The second-order valence-corrected chi connectivity index (χ2v) is 4.77. The van der Waals surface area contributed by atoms with Crippen molar-refractivity contribution < 1.29 is 19.6 Å². The van der Waals surface area contributed by atoms with E-state index in [-0.39, 0.29) is 5.69 Å².